The quantitative estimate of drug-likeness (QED) is 0.765. The molecule has 3 heteroatoms. The summed E-state index contributed by atoms with van der Waals surface area (Å²) < 4.78 is 0. The molecule has 2 rings (SSSR count). The largest absolute Gasteiger partial charge is 0.389 e. The van der Waals surface area contributed by atoms with E-state index in [1.54, 1.807) is 6.08 Å². The summed E-state index contributed by atoms with van der Waals surface area (Å²) in [6.07, 6.45) is 5.99. The molecule has 2 atom stereocenters. The molecule has 1 N–H and O–H groups in total. The van der Waals surface area contributed by atoms with E-state index >= 15 is 0 Å². The van der Waals surface area contributed by atoms with Gasteiger partial charge in [0.2, 0.25) is 5.91 Å². The second-order valence-corrected chi connectivity index (χ2v) is 6.28. The van der Waals surface area contributed by atoms with Gasteiger partial charge < -0.3 is 10.0 Å². The van der Waals surface area contributed by atoms with Gasteiger partial charge in [-0.05, 0) is 39.0 Å². The molecule has 0 radical (unpaired) electrons. The van der Waals surface area contributed by atoms with E-state index in [2.05, 4.69) is 6.92 Å². The third kappa shape index (κ3) is 2.46. The van der Waals surface area contributed by atoms with E-state index < -0.39 is 5.60 Å². The summed E-state index contributed by atoms with van der Waals surface area (Å²) in [7, 11) is 0. The second kappa shape index (κ2) is 5.04. The maximum absolute atomic E-state index is 12.0. The highest BCUT2D eigenvalue weighted by atomic mass is 16.3. The van der Waals surface area contributed by atoms with E-state index in [0.717, 1.165) is 24.8 Å². The molecule has 1 heterocycles. The standard InChI is InChI=1S/C15H25NO2/c1-11(2)9-14(17)16-8-7-15(18,12(3)10-16)13-5-4-6-13/h9,12-13,18H,4-8,10H2,1-3H3. The van der Waals surface area contributed by atoms with Crippen molar-refractivity contribution in [3.8, 4) is 0 Å². The molecule has 0 bridgehead atoms. The van der Waals surface area contributed by atoms with Crippen molar-refractivity contribution in [2.45, 2.75) is 52.1 Å². The number of hydrogen-bond acceptors (Lipinski definition) is 2. The van der Waals surface area contributed by atoms with Crippen LogP contribution in [-0.4, -0.2) is 34.6 Å². The minimum atomic E-state index is -0.528. The maximum atomic E-state index is 12.0. The minimum absolute atomic E-state index is 0.0949. The Morgan fingerprint density at radius 3 is 2.50 bits per heavy atom. The molecule has 0 spiro atoms. The molecule has 1 amide bonds. The molecule has 2 aliphatic rings. The predicted molar refractivity (Wildman–Crippen MR) is 72.1 cm³/mol. The molecule has 3 nitrogen and oxygen atoms in total. The number of likely N-dealkylation sites (tertiary alicyclic amines) is 1. The van der Waals surface area contributed by atoms with E-state index in [1.807, 2.05) is 18.7 Å². The molecule has 1 saturated heterocycles. The Balaban J connectivity index is 1.99. The molecular formula is C15H25NO2. The zero-order valence-electron chi connectivity index (χ0n) is 11.8. The zero-order valence-corrected chi connectivity index (χ0v) is 11.8. The second-order valence-electron chi connectivity index (χ2n) is 6.28. The minimum Gasteiger partial charge on any atom is -0.389 e. The summed E-state index contributed by atoms with van der Waals surface area (Å²) in [6.45, 7) is 7.35. The number of carbonyl (C=O) groups is 1. The summed E-state index contributed by atoms with van der Waals surface area (Å²) in [5.41, 5.74) is 0.507. The van der Waals surface area contributed by atoms with Crippen molar-refractivity contribution in [1.29, 1.82) is 0 Å². The predicted octanol–water partition coefficient (Wildman–Crippen LogP) is 2.35. The molecule has 1 aliphatic carbocycles. The van der Waals surface area contributed by atoms with E-state index in [0.29, 0.717) is 19.0 Å². The van der Waals surface area contributed by atoms with Crippen LogP contribution >= 0.6 is 0 Å². The lowest BCUT2D eigenvalue weighted by molar-refractivity contribution is -0.146. The number of hydrogen-bond donors (Lipinski definition) is 1. The molecule has 18 heavy (non-hydrogen) atoms. The van der Waals surface area contributed by atoms with E-state index in [4.69, 9.17) is 0 Å². The fraction of sp³-hybridized carbons (Fsp3) is 0.800. The Hall–Kier alpha value is -0.830. The lowest BCUT2D eigenvalue weighted by Gasteiger charge is -2.50. The van der Waals surface area contributed by atoms with Crippen LogP contribution in [0.25, 0.3) is 0 Å². The van der Waals surface area contributed by atoms with Gasteiger partial charge in [-0.25, -0.2) is 0 Å². The average molecular weight is 251 g/mol. The lowest BCUT2D eigenvalue weighted by Crippen LogP contribution is -2.57. The number of carbonyl (C=O) groups excluding carboxylic acids is 1. The maximum Gasteiger partial charge on any atom is 0.246 e. The van der Waals surface area contributed by atoms with Gasteiger partial charge in [0.25, 0.3) is 0 Å². The topological polar surface area (TPSA) is 40.5 Å². The Kier molecular flexibility index (Phi) is 3.81. The zero-order chi connectivity index (χ0) is 13.3. The Morgan fingerprint density at radius 1 is 1.39 bits per heavy atom. The molecule has 2 unspecified atom stereocenters. The van der Waals surface area contributed by atoms with Gasteiger partial charge in [-0.2, -0.15) is 0 Å². The van der Waals surface area contributed by atoms with E-state index in [-0.39, 0.29) is 11.8 Å². The molecule has 0 aromatic carbocycles. The van der Waals surface area contributed by atoms with Crippen LogP contribution in [0.3, 0.4) is 0 Å². The van der Waals surface area contributed by atoms with Crippen LogP contribution in [0, 0.1) is 11.8 Å². The Labute approximate surface area is 110 Å². The number of amides is 1. The summed E-state index contributed by atoms with van der Waals surface area (Å²) in [5, 5.41) is 10.8. The highest BCUT2D eigenvalue weighted by Gasteiger charge is 2.47. The Morgan fingerprint density at radius 2 is 2.06 bits per heavy atom. The third-order valence-corrected chi connectivity index (χ3v) is 4.67. The molecule has 102 valence electrons. The van der Waals surface area contributed by atoms with Crippen molar-refractivity contribution in [2.75, 3.05) is 13.1 Å². The first kappa shape index (κ1) is 13.6. The van der Waals surface area contributed by atoms with Gasteiger partial charge in [0, 0.05) is 25.1 Å². The highest BCUT2D eigenvalue weighted by Crippen LogP contribution is 2.44. The van der Waals surface area contributed by atoms with Crippen LogP contribution < -0.4 is 0 Å². The fourth-order valence-corrected chi connectivity index (χ4v) is 3.19. The van der Waals surface area contributed by atoms with Crippen molar-refractivity contribution in [1.82, 2.24) is 4.90 Å². The molecule has 2 fully saturated rings. The van der Waals surface area contributed by atoms with Crippen molar-refractivity contribution in [3.05, 3.63) is 11.6 Å². The number of aliphatic hydroxyl groups is 1. The first-order chi connectivity index (χ1) is 8.43. The SMILES string of the molecule is CC(C)=CC(=O)N1CCC(O)(C2CCC2)C(C)C1. The average Bonchev–Trinajstić information content (AvgIpc) is 2.18. The van der Waals surface area contributed by atoms with Crippen molar-refractivity contribution in [3.63, 3.8) is 0 Å². The third-order valence-electron chi connectivity index (χ3n) is 4.67. The normalized spacial score (nSPS) is 32.9. The molecule has 1 aliphatic heterocycles. The summed E-state index contributed by atoms with van der Waals surface area (Å²) in [4.78, 5) is 13.9. The number of piperidine rings is 1. The van der Waals surface area contributed by atoms with Crippen molar-refractivity contribution < 1.29 is 9.90 Å². The molecular weight excluding hydrogens is 226 g/mol. The first-order valence-electron chi connectivity index (χ1n) is 7.09. The van der Waals surface area contributed by atoms with Crippen LogP contribution in [0.4, 0.5) is 0 Å². The number of allylic oxidation sites excluding steroid dienone is 1. The van der Waals surface area contributed by atoms with Crippen LogP contribution in [-0.2, 0) is 4.79 Å². The first-order valence-corrected chi connectivity index (χ1v) is 7.09. The monoisotopic (exact) mass is 251 g/mol. The number of rotatable bonds is 2. The molecule has 0 aromatic heterocycles. The van der Waals surface area contributed by atoms with Crippen LogP contribution in [0.1, 0.15) is 46.5 Å². The van der Waals surface area contributed by atoms with E-state index in [9.17, 15) is 9.90 Å². The van der Waals surface area contributed by atoms with Gasteiger partial charge in [0.15, 0.2) is 0 Å². The van der Waals surface area contributed by atoms with Crippen LogP contribution in [0.2, 0.25) is 0 Å². The van der Waals surface area contributed by atoms with E-state index in [1.165, 1.54) is 6.42 Å². The van der Waals surface area contributed by atoms with Gasteiger partial charge in [0.1, 0.15) is 0 Å². The van der Waals surface area contributed by atoms with Crippen LogP contribution in [0.15, 0.2) is 11.6 Å². The van der Waals surface area contributed by atoms with Gasteiger partial charge in [-0.1, -0.05) is 18.9 Å². The highest BCUT2D eigenvalue weighted by molar-refractivity contribution is 5.88. The number of nitrogens with zero attached hydrogens (tertiary/aromatic N) is 1. The lowest BCUT2D eigenvalue weighted by atomic mass is 9.65. The van der Waals surface area contributed by atoms with Gasteiger partial charge in [-0.15, -0.1) is 0 Å². The van der Waals surface area contributed by atoms with Crippen molar-refractivity contribution in [2.24, 2.45) is 11.8 Å². The Bertz CT molecular complexity index is 356. The molecule has 1 saturated carbocycles. The van der Waals surface area contributed by atoms with Crippen LogP contribution in [0.5, 0.6) is 0 Å². The summed E-state index contributed by atoms with van der Waals surface area (Å²) in [5.74, 6) is 0.747. The molecule has 0 aromatic rings. The van der Waals surface area contributed by atoms with Gasteiger partial charge >= 0.3 is 0 Å². The summed E-state index contributed by atoms with van der Waals surface area (Å²) >= 11 is 0. The fourth-order valence-electron chi connectivity index (χ4n) is 3.19. The summed E-state index contributed by atoms with van der Waals surface area (Å²) in [6, 6.07) is 0. The van der Waals surface area contributed by atoms with Crippen molar-refractivity contribution >= 4 is 5.91 Å². The smallest absolute Gasteiger partial charge is 0.246 e. The van der Waals surface area contributed by atoms with Gasteiger partial charge in [-0.3, -0.25) is 4.79 Å². The van der Waals surface area contributed by atoms with Gasteiger partial charge in [0.05, 0.1) is 5.60 Å².